The summed E-state index contributed by atoms with van der Waals surface area (Å²) >= 11 is 1.17. The lowest BCUT2D eigenvalue weighted by Gasteiger charge is -2.37. The zero-order chi connectivity index (χ0) is 22.2. The van der Waals surface area contributed by atoms with Crippen LogP contribution in [0, 0.1) is 0 Å². The number of esters is 1. The van der Waals surface area contributed by atoms with E-state index in [1.807, 2.05) is 12.1 Å². The van der Waals surface area contributed by atoms with Gasteiger partial charge in [-0.2, -0.15) is 0 Å². The van der Waals surface area contributed by atoms with Crippen LogP contribution < -0.4 is 9.64 Å². The quantitative estimate of drug-likeness (QED) is 0.394. The highest BCUT2D eigenvalue weighted by Crippen LogP contribution is 2.31. The van der Waals surface area contributed by atoms with Gasteiger partial charge in [-0.15, -0.1) is 5.10 Å². The van der Waals surface area contributed by atoms with Crippen molar-refractivity contribution < 1.29 is 19.1 Å². The molecule has 31 heavy (non-hydrogen) atoms. The molecule has 1 saturated heterocycles. The average molecular weight is 447 g/mol. The second-order valence-electron chi connectivity index (χ2n) is 7.58. The lowest BCUT2D eigenvalue weighted by molar-refractivity contribution is 0.0229. The Morgan fingerprint density at radius 1 is 1.16 bits per heavy atom. The minimum absolute atomic E-state index is 0.282. The predicted octanol–water partition coefficient (Wildman–Crippen LogP) is 4.50. The first kappa shape index (κ1) is 23.0. The molecule has 1 aromatic heterocycles. The molecule has 8 nitrogen and oxygen atoms in total. The highest BCUT2D eigenvalue weighted by Gasteiger charge is 2.37. The minimum atomic E-state index is -0.743. The third-order valence-corrected chi connectivity index (χ3v) is 5.94. The second-order valence-corrected chi connectivity index (χ2v) is 8.49. The molecule has 0 saturated carbocycles. The molecule has 1 aliphatic heterocycles. The lowest BCUT2D eigenvalue weighted by atomic mass is 10.1. The molecule has 2 heterocycles. The number of unbranched alkanes of at least 4 members (excludes halogenated alkanes) is 2. The molecule has 2 aromatic rings. The van der Waals surface area contributed by atoms with E-state index in [0.717, 1.165) is 32.1 Å². The summed E-state index contributed by atoms with van der Waals surface area (Å²) in [4.78, 5) is 28.5. The number of nitrogens with zero attached hydrogens (tertiary/aromatic N) is 4. The van der Waals surface area contributed by atoms with Crippen LogP contribution in [-0.2, 0) is 11.2 Å². The highest BCUT2D eigenvalue weighted by atomic mass is 32.1. The van der Waals surface area contributed by atoms with Gasteiger partial charge < -0.3 is 14.4 Å². The van der Waals surface area contributed by atoms with E-state index in [0.29, 0.717) is 35.5 Å². The average Bonchev–Trinajstić information content (AvgIpc) is 3.24. The van der Waals surface area contributed by atoms with E-state index in [4.69, 9.17) is 9.47 Å². The Hall–Kier alpha value is -2.68. The van der Waals surface area contributed by atoms with E-state index in [1.165, 1.54) is 21.8 Å². The minimum Gasteiger partial charge on any atom is -0.469 e. The molecular weight excluding hydrogens is 416 g/mol. The smallest absolute Gasteiger partial charge is 0.340 e. The molecule has 1 aromatic carbocycles. The number of urea groups is 1. The van der Waals surface area contributed by atoms with E-state index in [2.05, 4.69) is 24.0 Å². The number of aryl methyl sites for hydroxylation is 1. The fourth-order valence-corrected chi connectivity index (χ4v) is 3.95. The van der Waals surface area contributed by atoms with Crippen LogP contribution >= 0.6 is 11.3 Å². The summed E-state index contributed by atoms with van der Waals surface area (Å²) in [5, 5.41) is 8.88. The zero-order valence-corrected chi connectivity index (χ0v) is 19.2. The maximum absolute atomic E-state index is 12.8. The molecule has 1 unspecified atom stereocenters. The largest absolute Gasteiger partial charge is 0.469 e. The number of hydrogen-bond donors (Lipinski definition) is 0. The molecule has 3 rings (SSSR count). The van der Waals surface area contributed by atoms with Crippen molar-refractivity contribution in [3.8, 4) is 5.19 Å². The number of carbonyl (C=O) groups is 2. The van der Waals surface area contributed by atoms with Gasteiger partial charge in [-0.3, -0.25) is 0 Å². The molecule has 1 atom stereocenters. The summed E-state index contributed by atoms with van der Waals surface area (Å²) in [5.41, 5.74) is 1.66. The van der Waals surface area contributed by atoms with Crippen LogP contribution in [0.4, 0.5) is 9.93 Å². The van der Waals surface area contributed by atoms with E-state index in [9.17, 15) is 9.59 Å². The summed E-state index contributed by atoms with van der Waals surface area (Å²) < 4.78 is 11.3. The summed E-state index contributed by atoms with van der Waals surface area (Å²) in [6, 6.07) is 7.18. The first-order valence-corrected chi connectivity index (χ1v) is 11.7. The normalized spacial score (nSPS) is 16.5. The fourth-order valence-electron chi connectivity index (χ4n) is 3.19. The summed E-state index contributed by atoms with van der Waals surface area (Å²) in [7, 11) is 1.71. The fraction of sp³-hybridized carbons (Fsp3) is 0.545. The van der Waals surface area contributed by atoms with Crippen molar-refractivity contribution in [2.24, 2.45) is 0 Å². The number of rotatable bonds is 10. The Morgan fingerprint density at radius 2 is 1.90 bits per heavy atom. The van der Waals surface area contributed by atoms with Crippen LogP contribution in [0.3, 0.4) is 0 Å². The Morgan fingerprint density at radius 3 is 2.61 bits per heavy atom. The SMILES string of the molecule is CCCCOc1nnc(N2C(=O)N(C)CCC2OC(=O)c2ccc(CCCC)cc2)s1. The first-order valence-electron chi connectivity index (χ1n) is 10.8. The maximum Gasteiger partial charge on any atom is 0.340 e. The van der Waals surface area contributed by atoms with Crippen molar-refractivity contribution in [2.75, 3.05) is 25.1 Å². The van der Waals surface area contributed by atoms with Crippen molar-refractivity contribution in [1.82, 2.24) is 15.1 Å². The number of carbonyl (C=O) groups excluding carboxylic acids is 2. The molecule has 9 heteroatoms. The van der Waals surface area contributed by atoms with Gasteiger partial charge in [0.25, 0.3) is 5.19 Å². The number of benzene rings is 1. The van der Waals surface area contributed by atoms with Crippen LogP contribution in [-0.4, -0.2) is 53.5 Å². The van der Waals surface area contributed by atoms with Gasteiger partial charge in [-0.25, -0.2) is 14.5 Å². The third kappa shape index (κ3) is 5.94. The second kappa shape index (κ2) is 11.1. The predicted molar refractivity (Wildman–Crippen MR) is 120 cm³/mol. The van der Waals surface area contributed by atoms with Gasteiger partial charge in [0.2, 0.25) is 5.13 Å². The number of ether oxygens (including phenoxy) is 2. The Bertz CT molecular complexity index is 871. The number of amides is 2. The van der Waals surface area contributed by atoms with E-state index in [1.54, 1.807) is 24.1 Å². The Kier molecular flexibility index (Phi) is 8.22. The highest BCUT2D eigenvalue weighted by molar-refractivity contribution is 7.17. The van der Waals surface area contributed by atoms with Gasteiger partial charge in [-0.1, -0.05) is 43.9 Å². The maximum atomic E-state index is 12.8. The third-order valence-electron chi connectivity index (χ3n) is 5.11. The van der Waals surface area contributed by atoms with E-state index in [-0.39, 0.29) is 6.03 Å². The van der Waals surface area contributed by atoms with Gasteiger partial charge in [0.05, 0.1) is 12.2 Å². The van der Waals surface area contributed by atoms with Gasteiger partial charge in [0.15, 0.2) is 6.23 Å². The van der Waals surface area contributed by atoms with E-state index >= 15 is 0 Å². The van der Waals surface area contributed by atoms with Crippen LogP contribution in [0.5, 0.6) is 5.19 Å². The van der Waals surface area contributed by atoms with Gasteiger partial charge >= 0.3 is 12.0 Å². The molecule has 0 spiro atoms. The van der Waals surface area contributed by atoms with E-state index < -0.39 is 12.2 Å². The molecule has 0 radical (unpaired) electrons. The molecule has 168 valence electrons. The zero-order valence-electron chi connectivity index (χ0n) is 18.4. The molecule has 1 fully saturated rings. The number of hydrogen-bond acceptors (Lipinski definition) is 7. The summed E-state index contributed by atoms with van der Waals surface area (Å²) in [6.07, 6.45) is 4.89. The van der Waals surface area contributed by atoms with Gasteiger partial charge in [-0.05, 0) is 48.3 Å². The lowest BCUT2D eigenvalue weighted by Crippen LogP contribution is -2.54. The van der Waals surface area contributed by atoms with Crippen molar-refractivity contribution in [1.29, 1.82) is 0 Å². The number of aromatic nitrogens is 2. The molecule has 0 N–H and O–H groups in total. The molecule has 2 amide bonds. The van der Waals surface area contributed by atoms with Crippen LogP contribution in [0.2, 0.25) is 0 Å². The molecular formula is C22H30N4O4S. The van der Waals surface area contributed by atoms with Crippen LogP contribution in [0.1, 0.15) is 61.9 Å². The van der Waals surface area contributed by atoms with Gasteiger partial charge in [0, 0.05) is 20.0 Å². The van der Waals surface area contributed by atoms with Gasteiger partial charge in [0.1, 0.15) is 0 Å². The topological polar surface area (TPSA) is 84.9 Å². The standard InChI is InChI=1S/C22H30N4O4S/c1-4-6-8-16-9-11-17(12-10-16)19(27)30-18-13-14-25(3)22(28)26(18)20-23-24-21(31-20)29-15-7-5-2/h9-12,18H,4-8,13-15H2,1-3H3. The Labute approximate surface area is 187 Å². The summed E-state index contributed by atoms with van der Waals surface area (Å²) in [5.74, 6) is -0.460. The number of anilines is 1. The first-order chi connectivity index (χ1) is 15.0. The Balaban J connectivity index is 1.71. The molecule has 0 bridgehead atoms. The van der Waals surface area contributed by atoms with Crippen LogP contribution in [0.15, 0.2) is 24.3 Å². The van der Waals surface area contributed by atoms with Crippen molar-refractivity contribution >= 4 is 28.5 Å². The molecule has 1 aliphatic rings. The molecule has 0 aliphatic carbocycles. The van der Waals surface area contributed by atoms with Crippen LogP contribution in [0.25, 0.3) is 0 Å². The summed E-state index contributed by atoms with van der Waals surface area (Å²) in [6.45, 7) is 5.26. The van der Waals surface area contributed by atoms with Crippen molar-refractivity contribution in [3.63, 3.8) is 0 Å². The van der Waals surface area contributed by atoms with Crippen molar-refractivity contribution in [2.45, 2.75) is 58.6 Å². The van der Waals surface area contributed by atoms with Crippen molar-refractivity contribution in [3.05, 3.63) is 35.4 Å². The monoisotopic (exact) mass is 446 g/mol.